The fourth-order valence-corrected chi connectivity index (χ4v) is 3.71. The van der Waals surface area contributed by atoms with Gasteiger partial charge in [-0.3, -0.25) is 4.79 Å². The molecule has 140 valence electrons. The summed E-state index contributed by atoms with van der Waals surface area (Å²) in [6, 6.07) is 16.1. The maximum atomic E-state index is 13.0. The lowest BCUT2D eigenvalue weighted by Gasteiger charge is -2.20. The number of rotatable bonds is 2. The summed E-state index contributed by atoms with van der Waals surface area (Å²) in [5.74, 6) is 0.863. The number of amides is 1. The molecular weight excluding hydrogens is 352 g/mol. The van der Waals surface area contributed by atoms with Crippen molar-refractivity contribution in [3.8, 4) is 16.9 Å². The van der Waals surface area contributed by atoms with E-state index in [2.05, 4.69) is 34.2 Å². The van der Waals surface area contributed by atoms with Crippen molar-refractivity contribution in [1.29, 1.82) is 0 Å². The summed E-state index contributed by atoms with van der Waals surface area (Å²) in [5.41, 5.74) is 5.84. The molecule has 3 heterocycles. The zero-order valence-corrected chi connectivity index (χ0v) is 15.6. The number of imidazole rings is 1. The summed E-state index contributed by atoms with van der Waals surface area (Å²) in [4.78, 5) is 22.2. The van der Waals surface area contributed by atoms with Crippen LogP contribution < -0.4 is 4.74 Å². The second kappa shape index (κ2) is 6.56. The Morgan fingerprint density at radius 1 is 1.14 bits per heavy atom. The quantitative estimate of drug-likeness (QED) is 0.585. The first-order valence-corrected chi connectivity index (χ1v) is 9.29. The molecule has 1 N–H and O–H groups in total. The SMILES string of the molecule is Cn1cccc1C(=O)N1CCOc2ccc(-c3ccc4nc[nH]c4c3)cc2C1. The van der Waals surface area contributed by atoms with E-state index in [0.717, 1.165) is 33.5 Å². The molecule has 5 rings (SSSR count). The molecule has 2 aromatic heterocycles. The number of hydrogen-bond donors (Lipinski definition) is 1. The molecule has 28 heavy (non-hydrogen) atoms. The van der Waals surface area contributed by atoms with E-state index in [1.807, 2.05) is 47.0 Å². The van der Waals surface area contributed by atoms with E-state index in [0.29, 0.717) is 25.4 Å². The van der Waals surface area contributed by atoms with Crippen molar-refractivity contribution >= 4 is 16.9 Å². The highest BCUT2D eigenvalue weighted by Gasteiger charge is 2.23. The van der Waals surface area contributed by atoms with Gasteiger partial charge >= 0.3 is 0 Å². The lowest BCUT2D eigenvalue weighted by atomic mass is 10.0. The largest absolute Gasteiger partial charge is 0.491 e. The van der Waals surface area contributed by atoms with Gasteiger partial charge in [0.15, 0.2) is 0 Å². The third kappa shape index (κ3) is 2.83. The molecule has 6 heteroatoms. The van der Waals surface area contributed by atoms with Crippen LogP contribution >= 0.6 is 0 Å². The van der Waals surface area contributed by atoms with Crippen molar-refractivity contribution in [3.63, 3.8) is 0 Å². The van der Waals surface area contributed by atoms with Crippen LogP contribution in [-0.4, -0.2) is 38.5 Å². The van der Waals surface area contributed by atoms with Gasteiger partial charge in [-0.05, 0) is 47.5 Å². The van der Waals surface area contributed by atoms with Crippen molar-refractivity contribution in [2.75, 3.05) is 13.2 Å². The van der Waals surface area contributed by atoms with Gasteiger partial charge in [-0.15, -0.1) is 0 Å². The number of nitrogens with one attached hydrogen (secondary N) is 1. The minimum absolute atomic E-state index is 0.0215. The maximum Gasteiger partial charge on any atom is 0.270 e. The molecule has 0 aliphatic carbocycles. The normalized spacial score (nSPS) is 13.8. The number of aryl methyl sites for hydroxylation is 1. The van der Waals surface area contributed by atoms with E-state index in [-0.39, 0.29) is 5.91 Å². The minimum atomic E-state index is 0.0215. The molecule has 0 unspecified atom stereocenters. The van der Waals surface area contributed by atoms with Crippen molar-refractivity contribution in [2.24, 2.45) is 7.05 Å². The summed E-state index contributed by atoms with van der Waals surface area (Å²) in [6.45, 7) is 1.58. The number of benzene rings is 2. The molecule has 0 atom stereocenters. The van der Waals surface area contributed by atoms with E-state index < -0.39 is 0 Å². The highest BCUT2D eigenvalue weighted by molar-refractivity contribution is 5.93. The number of hydrogen-bond acceptors (Lipinski definition) is 3. The lowest BCUT2D eigenvalue weighted by Crippen LogP contribution is -2.33. The smallest absolute Gasteiger partial charge is 0.270 e. The fraction of sp³-hybridized carbons (Fsp3) is 0.182. The van der Waals surface area contributed by atoms with Crippen molar-refractivity contribution in [2.45, 2.75) is 6.54 Å². The number of ether oxygens (including phenoxy) is 1. The van der Waals surface area contributed by atoms with Crippen LogP contribution in [0.3, 0.4) is 0 Å². The Morgan fingerprint density at radius 2 is 2.00 bits per heavy atom. The number of H-pyrrole nitrogens is 1. The van der Waals surface area contributed by atoms with Crippen LogP contribution in [0.25, 0.3) is 22.2 Å². The number of aromatic amines is 1. The number of aromatic nitrogens is 3. The van der Waals surface area contributed by atoms with Gasteiger partial charge < -0.3 is 19.2 Å². The second-order valence-electron chi connectivity index (χ2n) is 7.04. The van der Waals surface area contributed by atoms with E-state index in [4.69, 9.17) is 4.74 Å². The summed E-state index contributed by atoms with van der Waals surface area (Å²) in [6.07, 6.45) is 3.59. The average Bonchev–Trinajstić information content (AvgIpc) is 3.29. The first kappa shape index (κ1) is 16.6. The Morgan fingerprint density at radius 3 is 2.86 bits per heavy atom. The van der Waals surface area contributed by atoms with Crippen LogP contribution in [0.15, 0.2) is 61.1 Å². The Hall–Kier alpha value is -3.54. The predicted molar refractivity (Wildman–Crippen MR) is 107 cm³/mol. The van der Waals surface area contributed by atoms with Gasteiger partial charge in [0, 0.05) is 25.4 Å². The first-order chi connectivity index (χ1) is 13.7. The van der Waals surface area contributed by atoms with E-state index in [1.54, 1.807) is 6.33 Å². The predicted octanol–water partition coefficient (Wildman–Crippen LogP) is 3.60. The van der Waals surface area contributed by atoms with Gasteiger partial charge in [-0.2, -0.15) is 0 Å². The first-order valence-electron chi connectivity index (χ1n) is 9.29. The summed E-state index contributed by atoms with van der Waals surface area (Å²) < 4.78 is 7.76. The molecule has 1 amide bonds. The minimum Gasteiger partial charge on any atom is -0.491 e. The lowest BCUT2D eigenvalue weighted by molar-refractivity contribution is 0.0723. The highest BCUT2D eigenvalue weighted by atomic mass is 16.5. The highest BCUT2D eigenvalue weighted by Crippen LogP contribution is 2.30. The molecule has 2 aromatic carbocycles. The molecule has 0 radical (unpaired) electrons. The van der Waals surface area contributed by atoms with Gasteiger partial charge in [0.25, 0.3) is 5.91 Å². The topological polar surface area (TPSA) is 63.1 Å². The standard InChI is InChI=1S/C22H20N4O2/c1-25-8-2-3-20(25)22(27)26-9-10-28-21-7-5-15(11-17(21)13-26)16-4-6-18-19(12-16)24-14-23-18/h2-8,11-12,14H,9-10,13H2,1H3,(H,23,24). The van der Waals surface area contributed by atoms with E-state index in [1.165, 1.54) is 0 Å². The molecule has 0 saturated heterocycles. The molecule has 4 aromatic rings. The molecule has 6 nitrogen and oxygen atoms in total. The fourth-order valence-electron chi connectivity index (χ4n) is 3.71. The van der Waals surface area contributed by atoms with Crippen LogP contribution in [0, 0.1) is 0 Å². The molecule has 0 fully saturated rings. The monoisotopic (exact) mass is 372 g/mol. The number of fused-ring (bicyclic) bond motifs is 2. The second-order valence-corrected chi connectivity index (χ2v) is 7.04. The third-order valence-corrected chi connectivity index (χ3v) is 5.24. The van der Waals surface area contributed by atoms with Gasteiger partial charge in [0.2, 0.25) is 0 Å². The van der Waals surface area contributed by atoms with Crippen LogP contribution in [0.2, 0.25) is 0 Å². The molecule has 0 spiro atoms. The molecule has 0 bridgehead atoms. The molecule has 0 saturated carbocycles. The van der Waals surface area contributed by atoms with Gasteiger partial charge in [0.05, 0.1) is 23.9 Å². The van der Waals surface area contributed by atoms with E-state index >= 15 is 0 Å². The van der Waals surface area contributed by atoms with Crippen molar-refractivity contribution < 1.29 is 9.53 Å². The van der Waals surface area contributed by atoms with E-state index in [9.17, 15) is 4.79 Å². The zero-order chi connectivity index (χ0) is 19.1. The number of carbonyl (C=O) groups is 1. The Kier molecular flexibility index (Phi) is 3.90. The van der Waals surface area contributed by atoms with Crippen LogP contribution in [0.4, 0.5) is 0 Å². The van der Waals surface area contributed by atoms with Crippen molar-refractivity contribution in [1.82, 2.24) is 19.4 Å². The number of nitrogens with zero attached hydrogens (tertiary/aromatic N) is 3. The van der Waals surface area contributed by atoms with Crippen LogP contribution in [0.1, 0.15) is 16.1 Å². The average molecular weight is 372 g/mol. The molecule has 1 aliphatic rings. The van der Waals surface area contributed by atoms with Crippen LogP contribution in [-0.2, 0) is 13.6 Å². The summed E-state index contributed by atoms with van der Waals surface area (Å²) in [5, 5.41) is 0. The van der Waals surface area contributed by atoms with Gasteiger partial charge in [-0.25, -0.2) is 4.98 Å². The maximum absolute atomic E-state index is 13.0. The number of carbonyl (C=O) groups excluding carboxylic acids is 1. The summed E-state index contributed by atoms with van der Waals surface area (Å²) in [7, 11) is 1.89. The summed E-state index contributed by atoms with van der Waals surface area (Å²) >= 11 is 0. The van der Waals surface area contributed by atoms with Crippen LogP contribution in [0.5, 0.6) is 5.75 Å². The van der Waals surface area contributed by atoms with Gasteiger partial charge in [-0.1, -0.05) is 12.1 Å². The molecular formula is C22H20N4O2. The zero-order valence-electron chi connectivity index (χ0n) is 15.6. The Bertz CT molecular complexity index is 1170. The third-order valence-electron chi connectivity index (χ3n) is 5.24. The Labute approximate surface area is 162 Å². The molecule has 1 aliphatic heterocycles. The van der Waals surface area contributed by atoms with Crippen molar-refractivity contribution in [3.05, 3.63) is 72.3 Å². The van der Waals surface area contributed by atoms with Gasteiger partial charge in [0.1, 0.15) is 18.1 Å². The Balaban J connectivity index is 1.48.